The second-order valence-electron chi connectivity index (χ2n) is 5.84. The molecule has 5 heteroatoms. The summed E-state index contributed by atoms with van der Waals surface area (Å²) in [6.45, 7) is 1.62. The minimum Gasteiger partial charge on any atom is -0.391 e. The molecule has 5 nitrogen and oxygen atoms in total. The summed E-state index contributed by atoms with van der Waals surface area (Å²) in [5.74, 6) is 0. The fourth-order valence-electron chi connectivity index (χ4n) is 2.78. The Balaban J connectivity index is 1.55. The van der Waals surface area contributed by atoms with Crippen molar-refractivity contribution >= 4 is 6.03 Å². The highest BCUT2D eigenvalue weighted by atomic mass is 16.3. The monoisotopic (exact) mass is 311 g/mol. The van der Waals surface area contributed by atoms with Crippen LogP contribution in [0.5, 0.6) is 0 Å². The van der Waals surface area contributed by atoms with Gasteiger partial charge in [0.05, 0.1) is 6.10 Å². The number of hydrogen-bond acceptors (Lipinski definition) is 3. The average Bonchev–Trinajstić information content (AvgIpc) is 2.61. The molecule has 2 aromatic rings. The van der Waals surface area contributed by atoms with E-state index in [0.29, 0.717) is 19.6 Å². The van der Waals surface area contributed by atoms with Crippen molar-refractivity contribution in [3.05, 3.63) is 54.4 Å². The zero-order valence-corrected chi connectivity index (χ0v) is 13.0. The molecule has 2 N–H and O–H groups in total. The molecule has 0 radical (unpaired) electrons. The molecule has 0 spiro atoms. The number of carbonyl (C=O) groups is 1. The Kier molecular flexibility index (Phi) is 4.88. The first-order chi connectivity index (χ1) is 11.2. The maximum atomic E-state index is 12.1. The van der Waals surface area contributed by atoms with Gasteiger partial charge in [-0.05, 0) is 35.6 Å². The third-order valence-corrected chi connectivity index (χ3v) is 4.08. The van der Waals surface area contributed by atoms with E-state index in [-0.39, 0.29) is 6.03 Å². The van der Waals surface area contributed by atoms with Crippen LogP contribution in [-0.4, -0.2) is 40.2 Å². The number of piperidine rings is 1. The Bertz CT molecular complexity index is 643. The van der Waals surface area contributed by atoms with Crippen molar-refractivity contribution in [1.29, 1.82) is 0 Å². The predicted molar refractivity (Wildman–Crippen MR) is 88.7 cm³/mol. The first-order valence-electron chi connectivity index (χ1n) is 7.92. The molecular formula is C18H21N3O2. The van der Waals surface area contributed by atoms with Gasteiger partial charge in [-0.1, -0.05) is 30.3 Å². The molecule has 2 heterocycles. The van der Waals surface area contributed by atoms with E-state index >= 15 is 0 Å². The normalized spacial score (nSPS) is 17.8. The van der Waals surface area contributed by atoms with E-state index < -0.39 is 6.10 Å². The maximum Gasteiger partial charge on any atom is 0.317 e. The molecule has 1 atom stereocenters. The molecular weight excluding hydrogens is 290 g/mol. The van der Waals surface area contributed by atoms with Crippen LogP contribution in [0.3, 0.4) is 0 Å². The fraction of sp³-hybridized carbons (Fsp3) is 0.333. The number of nitrogens with one attached hydrogen (secondary N) is 1. The van der Waals surface area contributed by atoms with E-state index in [2.05, 4.69) is 10.3 Å². The third kappa shape index (κ3) is 4.07. The van der Waals surface area contributed by atoms with Crippen LogP contribution in [0.4, 0.5) is 4.79 Å². The largest absolute Gasteiger partial charge is 0.391 e. The summed E-state index contributed by atoms with van der Waals surface area (Å²) in [6, 6.07) is 11.9. The van der Waals surface area contributed by atoms with Gasteiger partial charge in [0, 0.05) is 32.0 Å². The van der Waals surface area contributed by atoms with Crippen LogP contribution in [0, 0.1) is 0 Å². The van der Waals surface area contributed by atoms with Crippen LogP contribution in [0.1, 0.15) is 18.4 Å². The number of rotatable bonds is 3. The van der Waals surface area contributed by atoms with Crippen LogP contribution in [-0.2, 0) is 6.54 Å². The van der Waals surface area contributed by atoms with Crippen molar-refractivity contribution in [2.75, 3.05) is 13.1 Å². The third-order valence-electron chi connectivity index (χ3n) is 4.08. The van der Waals surface area contributed by atoms with Gasteiger partial charge in [0.15, 0.2) is 0 Å². The van der Waals surface area contributed by atoms with Crippen molar-refractivity contribution < 1.29 is 9.90 Å². The second-order valence-corrected chi connectivity index (χ2v) is 5.84. The van der Waals surface area contributed by atoms with E-state index in [1.54, 1.807) is 11.1 Å². The number of benzene rings is 1. The Morgan fingerprint density at radius 3 is 2.78 bits per heavy atom. The summed E-state index contributed by atoms with van der Waals surface area (Å²) in [7, 11) is 0. The van der Waals surface area contributed by atoms with E-state index in [1.807, 2.05) is 42.6 Å². The van der Waals surface area contributed by atoms with Crippen LogP contribution >= 0.6 is 0 Å². The predicted octanol–water partition coefficient (Wildman–Crippen LogP) is 2.41. The molecule has 0 aliphatic carbocycles. The van der Waals surface area contributed by atoms with E-state index in [9.17, 15) is 9.90 Å². The SMILES string of the molecule is O=C(NCc1ccc(-c2cccnc2)cc1)N1CCC[C@H](O)C1. The van der Waals surface area contributed by atoms with Crippen molar-refractivity contribution in [3.63, 3.8) is 0 Å². The highest BCUT2D eigenvalue weighted by molar-refractivity contribution is 5.74. The number of aliphatic hydroxyl groups excluding tert-OH is 1. The first-order valence-corrected chi connectivity index (χ1v) is 7.92. The van der Waals surface area contributed by atoms with Gasteiger partial charge in [0.1, 0.15) is 0 Å². The van der Waals surface area contributed by atoms with Crippen molar-refractivity contribution in [1.82, 2.24) is 15.2 Å². The summed E-state index contributed by atoms with van der Waals surface area (Å²) in [6.07, 6.45) is 4.82. The standard InChI is InChI=1S/C18H21N3O2/c22-17-4-2-10-21(13-17)18(23)20-11-14-5-7-15(8-6-14)16-3-1-9-19-12-16/h1,3,5-9,12,17,22H,2,4,10-11,13H2,(H,20,23)/t17-/m0/s1. The van der Waals surface area contributed by atoms with Gasteiger partial charge in [-0.15, -0.1) is 0 Å². The van der Waals surface area contributed by atoms with Crippen LogP contribution in [0.2, 0.25) is 0 Å². The summed E-state index contributed by atoms with van der Waals surface area (Å²) in [5, 5.41) is 12.5. The van der Waals surface area contributed by atoms with Gasteiger partial charge >= 0.3 is 6.03 Å². The number of likely N-dealkylation sites (tertiary alicyclic amines) is 1. The maximum absolute atomic E-state index is 12.1. The molecule has 120 valence electrons. The van der Waals surface area contributed by atoms with Crippen LogP contribution in [0.15, 0.2) is 48.8 Å². The van der Waals surface area contributed by atoms with Gasteiger partial charge in [-0.3, -0.25) is 4.98 Å². The lowest BCUT2D eigenvalue weighted by Gasteiger charge is -2.30. The molecule has 1 aliphatic heterocycles. The lowest BCUT2D eigenvalue weighted by molar-refractivity contribution is 0.0842. The quantitative estimate of drug-likeness (QED) is 0.915. The number of pyridine rings is 1. The van der Waals surface area contributed by atoms with Crippen molar-refractivity contribution in [2.24, 2.45) is 0 Å². The lowest BCUT2D eigenvalue weighted by atomic mass is 10.1. The summed E-state index contributed by atoms with van der Waals surface area (Å²) in [5.41, 5.74) is 3.22. The molecule has 1 aliphatic rings. The Morgan fingerprint density at radius 2 is 2.09 bits per heavy atom. The Hall–Kier alpha value is -2.40. The molecule has 1 saturated heterocycles. The number of β-amino-alcohol motifs (C(OH)–C–C–N with tert-alkyl or cyclic N) is 1. The first kappa shape index (κ1) is 15.5. The minimum absolute atomic E-state index is 0.111. The minimum atomic E-state index is -0.395. The van der Waals surface area contributed by atoms with Gasteiger partial charge in [0.25, 0.3) is 0 Å². The molecule has 1 aromatic carbocycles. The summed E-state index contributed by atoms with van der Waals surface area (Å²) < 4.78 is 0. The molecule has 1 fully saturated rings. The lowest BCUT2D eigenvalue weighted by Crippen LogP contribution is -2.46. The molecule has 2 amide bonds. The van der Waals surface area contributed by atoms with Gasteiger partial charge in [0.2, 0.25) is 0 Å². The number of hydrogen-bond donors (Lipinski definition) is 2. The topological polar surface area (TPSA) is 65.5 Å². The molecule has 23 heavy (non-hydrogen) atoms. The molecule has 0 unspecified atom stereocenters. The Morgan fingerprint density at radius 1 is 1.26 bits per heavy atom. The van der Waals surface area contributed by atoms with Crippen molar-refractivity contribution in [3.8, 4) is 11.1 Å². The zero-order chi connectivity index (χ0) is 16.1. The highest BCUT2D eigenvalue weighted by Gasteiger charge is 2.21. The molecule has 0 saturated carbocycles. The van der Waals surface area contributed by atoms with Gasteiger partial charge in [-0.25, -0.2) is 4.79 Å². The number of amides is 2. The molecule has 3 rings (SSSR count). The molecule has 0 bridgehead atoms. The smallest absolute Gasteiger partial charge is 0.317 e. The molecule has 1 aromatic heterocycles. The van der Waals surface area contributed by atoms with E-state index in [0.717, 1.165) is 29.5 Å². The van der Waals surface area contributed by atoms with E-state index in [4.69, 9.17) is 0 Å². The highest BCUT2D eigenvalue weighted by Crippen LogP contribution is 2.18. The van der Waals surface area contributed by atoms with Gasteiger partial charge in [-0.2, -0.15) is 0 Å². The van der Waals surface area contributed by atoms with E-state index in [1.165, 1.54) is 0 Å². The van der Waals surface area contributed by atoms with Crippen molar-refractivity contribution in [2.45, 2.75) is 25.5 Å². The Labute approximate surface area is 136 Å². The zero-order valence-electron chi connectivity index (χ0n) is 13.0. The number of aliphatic hydroxyl groups is 1. The van der Waals surface area contributed by atoms with Crippen LogP contribution < -0.4 is 5.32 Å². The number of urea groups is 1. The number of nitrogens with zero attached hydrogens (tertiary/aromatic N) is 2. The van der Waals surface area contributed by atoms with Crippen LogP contribution in [0.25, 0.3) is 11.1 Å². The van der Waals surface area contributed by atoms with Gasteiger partial charge < -0.3 is 15.3 Å². The second kappa shape index (κ2) is 7.24. The number of aromatic nitrogens is 1. The summed E-state index contributed by atoms with van der Waals surface area (Å²) >= 11 is 0. The summed E-state index contributed by atoms with van der Waals surface area (Å²) in [4.78, 5) is 17.9. The number of carbonyl (C=O) groups excluding carboxylic acids is 1. The fourth-order valence-corrected chi connectivity index (χ4v) is 2.78. The average molecular weight is 311 g/mol.